The second kappa shape index (κ2) is 10.3. The van der Waals surface area contributed by atoms with Crippen LogP contribution in [0.5, 0.6) is 5.75 Å². The molecule has 0 spiro atoms. The monoisotopic (exact) mass is 502 g/mol. The van der Waals surface area contributed by atoms with E-state index in [0.29, 0.717) is 12.2 Å². The third-order valence-corrected chi connectivity index (χ3v) is 17.2. The molecule has 1 aliphatic carbocycles. The predicted octanol–water partition coefficient (Wildman–Crippen LogP) is 8.77. The van der Waals surface area contributed by atoms with Gasteiger partial charge in [0, 0.05) is 18.3 Å². The van der Waals surface area contributed by atoms with E-state index in [0.717, 1.165) is 24.4 Å². The van der Waals surface area contributed by atoms with Gasteiger partial charge in [-0.05, 0) is 78.8 Å². The summed E-state index contributed by atoms with van der Waals surface area (Å²) in [6.07, 6.45) is 4.63. The summed E-state index contributed by atoms with van der Waals surface area (Å²) in [5.41, 5.74) is 1.27. The third-order valence-electron chi connectivity index (χ3n) is 8.53. The number of carbonyl (C=O) groups is 1. The SMILES string of the molecule is CCC(=O)[C@@H]1C[C@H](Cc2ccc(O[Si](C)(C)C(C)(C)C)cc2)C(O[Si](C)(C)C(C)(C)C)=C[C@@H]1C. The fraction of sp³-hybridized carbons (Fsp3) is 0.690. The van der Waals surface area contributed by atoms with E-state index in [9.17, 15) is 4.79 Å². The van der Waals surface area contributed by atoms with Gasteiger partial charge in [0.1, 0.15) is 11.5 Å². The maximum atomic E-state index is 12.7. The molecular weight excluding hydrogens is 452 g/mol. The number of ketones is 1. The lowest BCUT2D eigenvalue weighted by Gasteiger charge is -2.42. The van der Waals surface area contributed by atoms with E-state index in [1.165, 1.54) is 5.56 Å². The predicted molar refractivity (Wildman–Crippen MR) is 150 cm³/mol. The summed E-state index contributed by atoms with van der Waals surface area (Å²) < 4.78 is 13.3. The second-order valence-corrected chi connectivity index (χ2v) is 22.8. The van der Waals surface area contributed by atoms with Crippen LogP contribution < -0.4 is 4.43 Å². The van der Waals surface area contributed by atoms with Gasteiger partial charge in [-0.1, -0.05) is 67.5 Å². The van der Waals surface area contributed by atoms with Crippen LogP contribution in [-0.2, 0) is 15.6 Å². The van der Waals surface area contributed by atoms with E-state index in [-0.39, 0.29) is 27.8 Å². The highest BCUT2D eigenvalue weighted by Gasteiger charge is 2.42. The summed E-state index contributed by atoms with van der Waals surface area (Å²) in [5, 5.41) is 0.312. The Balaban J connectivity index is 2.28. The Bertz CT molecular complexity index is 870. The fourth-order valence-corrected chi connectivity index (χ4v) is 6.17. The molecule has 1 aromatic rings. The molecule has 3 atom stereocenters. The molecule has 192 valence electrons. The van der Waals surface area contributed by atoms with Crippen LogP contribution in [0, 0.1) is 17.8 Å². The molecule has 0 aliphatic heterocycles. The average Bonchev–Trinajstić information content (AvgIpc) is 2.68. The van der Waals surface area contributed by atoms with Crippen LogP contribution in [0.4, 0.5) is 0 Å². The highest BCUT2D eigenvalue weighted by Crippen LogP contribution is 2.43. The molecule has 0 heterocycles. The Labute approximate surface area is 212 Å². The number of carbonyl (C=O) groups excluding carboxylic acids is 1. The molecule has 0 N–H and O–H groups in total. The van der Waals surface area contributed by atoms with Crippen LogP contribution in [0.2, 0.25) is 36.3 Å². The first-order valence-electron chi connectivity index (χ1n) is 13.1. The molecular formula is C29H50O3Si2. The van der Waals surface area contributed by atoms with Gasteiger partial charge in [0.2, 0.25) is 16.6 Å². The van der Waals surface area contributed by atoms with Gasteiger partial charge in [0.05, 0.1) is 5.76 Å². The number of rotatable bonds is 8. The molecule has 0 bridgehead atoms. The molecule has 0 saturated heterocycles. The molecule has 1 aromatic carbocycles. The van der Waals surface area contributed by atoms with Crippen LogP contribution in [0.25, 0.3) is 0 Å². The number of hydrogen-bond donors (Lipinski definition) is 0. The van der Waals surface area contributed by atoms with Crippen molar-refractivity contribution in [3.05, 3.63) is 41.7 Å². The first kappa shape index (κ1) is 28.9. The van der Waals surface area contributed by atoms with E-state index in [4.69, 9.17) is 8.85 Å². The number of allylic oxidation sites excluding steroid dienone is 2. The highest BCUT2D eigenvalue weighted by atomic mass is 28.4. The first-order valence-corrected chi connectivity index (χ1v) is 18.9. The lowest BCUT2D eigenvalue weighted by Crippen LogP contribution is -2.43. The molecule has 2 rings (SSSR count). The second-order valence-electron chi connectivity index (χ2n) is 13.4. The van der Waals surface area contributed by atoms with Crippen molar-refractivity contribution >= 4 is 22.4 Å². The van der Waals surface area contributed by atoms with Gasteiger partial charge in [-0.3, -0.25) is 4.79 Å². The zero-order valence-corrected chi connectivity index (χ0v) is 26.0. The van der Waals surface area contributed by atoms with Gasteiger partial charge in [-0.25, -0.2) is 0 Å². The van der Waals surface area contributed by atoms with Crippen molar-refractivity contribution < 1.29 is 13.6 Å². The number of hydrogen-bond acceptors (Lipinski definition) is 3. The molecule has 3 nitrogen and oxygen atoms in total. The molecule has 0 radical (unpaired) electrons. The van der Waals surface area contributed by atoms with Gasteiger partial charge >= 0.3 is 0 Å². The zero-order valence-electron chi connectivity index (χ0n) is 24.0. The number of benzene rings is 1. The minimum Gasteiger partial charge on any atom is -0.547 e. The summed E-state index contributed by atoms with van der Waals surface area (Å²) in [6, 6.07) is 8.63. The van der Waals surface area contributed by atoms with Crippen molar-refractivity contribution in [2.75, 3.05) is 0 Å². The quantitative estimate of drug-likeness (QED) is 0.333. The van der Waals surface area contributed by atoms with Gasteiger partial charge in [0.15, 0.2) is 0 Å². The molecule has 0 fully saturated rings. The first-order chi connectivity index (χ1) is 15.4. The minimum atomic E-state index is -1.96. The molecule has 0 amide bonds. The van der Waals surface area contributed by atoms with Crippen LogP contribution in [0.1, 0.15) is 73.8 Å². The van der Waals surface area contributed by atoms with Crippen molar-refractivity contribution in [2.45, 2.75) is 111 Å². The Kier molecular flexibility index (Phi) is 8.79. The van der Waals surface area contributed by atoms with Crippen LogP contribution in [0.3, 0.4) is 0 Å². The topological polar surface area (TPSA) is 35.5 Å². The maximum Gasteiger partial charge on any atom is 0.250 e. The summed E-state index contributed by atoms with van der Waals surface area (Å²) in [6.45, 7) is 27.0. The zero-order chi connectivity index (χ0) is 26.1. The van der Waals surface area contributed by atoms with Crippen molar-refractivity contribution in [3.63, 3.8) is 0 Å². The normalized spacial score (nSPS) is 22.2. The number of Topliss-reactive ketones (excluding diaryl/α,β-unsaturated/α-hetero) is 1. The lowest BCUT2D eigenvalue weighted by molar-refractivity contribution is -0.124. The fourth-order valence-electron chi connectivity index (χ4n) is 4.01. The summed E-state index contributed by atoms with van der Waals surface area (Å²) >= 11 is 0. The van der Waals surface area contributed by atoms with Crippen molar-refractivity contribution in [3.8, 4) is 5.75 Å². The molecule has 1 aliphatic rings. The molecule has 0 aromatic heterocycles. The van der Waals surface area contributed by atoms with Gasteiger partial charge < -0.3 is 8.85 Å². The molecule has 34 heavy (non-hydrogen) atoms. The standard InChI is InChI=1S/C29H50O3Si2/c1-13-26(30)25-20-23(27(18-21(25)2)32-34(11,12)29(6,7)8)19-22-14-16-24(17-15-22)31-33(9,10)28(3,4)5/h14-18,21,23,25H,13,19-20H2,1-12H3/t21-,23-,25+/m0/s1. The van der Waals surface area contributed by atoms with Gasteiger partial charge in [0.25, 0.3) is 0 Å². The van der Waals surface area contributed by atoms with E-state index in [1.54, 1.807) is 0 Å². The summed E-state index contributed by atoms with van der Waals surface area (Å²) in [4.78, 5) is 12.7. The van der Waals surface area contributed by atoms with Crippen molar-refractivity contribution in [1.29, 1.82) is 0 Å². The molecule has 5 heteroatoms. The molecule has 0 saturated carbocycles. The van der Waals surface area contributed by atoms with E-state index >= 15 is 0 Å². The lowest BCUT2D eigenvalue weighted by atomic mass is 9.74. The Hall–Kier alpha value is -1.34. The Morgan fingerprint density at radius 3 is 1.88 bits per heavy atom. The Morgan fingerprint density at radius 1 is 0.912 bits per heavy atom. The maximum absolute atomic E-state index is 12.7. The van der Waals surface area contributed by atoms with E-state index < -0.39 is 16.6 Å². The van der Waals surface area contributed by atoms with Crippen LogP contribution in [-0.4, -0.2) is 22.4 Å². The van der Waals surface area contributed by atoms with Crippen molar-refractivity contribution in [2.24, 2.45) is 17.8 Å². The van der Waals surface area contributed by atoms with Crippen molar-refractivity contribution in [1.82, 2.24) is 0 Å². The third kappa shape index (κ3) is 6.87. The summed E-state index contributed by atoms with van der Waals surface area (Å²) in [7, 11) is -3.82. The summed E-state index contributed by atoms with van der Waals surface area (Å²) in [5.74, 6) is 2.99. The van der Waals surface area contributed by atoms with E-state index in [1.807, 2.05) is 6.92 Å². The van der Waals surface area contributed by atoms with Gasteiger partial charge in [-0.2, -0.15) is 0 Å². The van der Waals surface area contributed by atoms with E-state index in [2.05, 4.69) is 105 Å². The smallest absolute Gasteiger partial charge is 0.250 e. The van der Waals surface area contributed by atoms with Crippen LogP contribution >= 0.6 is 0 Å². The minimum absolute atomic E-state index is 0.0861. The average molecular weight is 503 g/mol. The highest BCUT2D eigenvalue weighted by molar-refractivity contribution is 6.75. The largest absolute Gasteiger partial charge is 0.547 e. The van der Waals surface area contributed by atoms with Gasteiger partial charge in [-0.15, -0.1) is 0 Å². The Morgan fingerprint density at radius 2 is 1.41 bits per heavy atom. The van der Waals surface area contributed by atoms with Crippen LogP contribution in [0.15, 0.2) is 36.1 Å². The molecule has 0 unspecified atom stereocenters.